The van der Waals surface area contributed by atoms with E-state index in [1.807, 2.05) is 6.07 Å². The van der Waals surface area contributed by atoms with Gasteiger partial charge in [0.2, 0.25) is 0 Å². The monoisotopic (exact) mass is 262 g/mol. The number of fused-ring (bicyclic) bond motifs is 2. The number of benzene rings is 1. The maximum atomic E-state index is 11.0. The minimum Gasteiger partial charge on any atom is -0.478 e. The highest BCUT2D eigenvalue weighted by Crippen LogP contribution is 2.44. The van der Waals surface area contributed by atoms with Crippen LogP contribution in [0.15, 0.2) is 24.3 Å². The first-order valence-electron chi connectivity index (χ1n) is 6.77. The molecule has 3 rings (SSSR count). The van der Waals surface area contributed by atoms with Crippen molar-refractivity contribution in [3.8, 4) is 0 Å². The van der Waals surface area contributed by atoms with E-state index in [-0.39, 0.29) is 24.7 Å². The van der Waals surface area contributed by atoms with Crippen molar-refractivity contribution in [3.63, 3.8) is 0 Å². The van der Waals surface area contributed by atoms with Crippen LogP contribution in [0.25, 0.3) is 0 Å². The second-order valence-electron chi connectivity index (χ2n) is 5.51. The molecule has 0 unspecified atom stereocenters. The first-order valence-corrected chi connectivity index (χ1v) is 6.77. The number of hydrogen-bond acceptors (Lipinski definition) is 3. The third-order valence-electron chi connectivity index (χ3n) is 4.45. The summed E-state index contributed by atoms with van der Waals surface area (Å²) in [5, 5.41) is 18.5. The quantitative estimate of drug-likeness (QED) is 0.867. The Morgan fingerprint density at radius 2 is 2.00 bits per heavy atom. The zero-order chi connectivity index (χ0) is 13.4. The van der Waals surface area contributed by atoms with Crippen LogP contribution in [0.3, 0.4) is 0 Å². The minimum atomic E-state index is -0.898. The van der Waals surface area contributed by atoms with Gasteiger partial charge in [-0.2, -0.15) is 0 Å². The van der Waals surface area contributed by atoms with Crippen molar-refractivity contribution in [2.24, 2.45) is 11.8 Å². The highest BCUT2D eigenvalue weighted by molar-refractivity contribution is 5.87. The van der Waals surface area contributed by atoms with E-state index < -0.39 is 5.97 Å². The summed E-state index contributed by atoms with van der Waals surface area (Å²) in [4.78, 5) is 11.0. The Labute approximate surface area is 112 Å². The van der Waals surface area contributed by atoms with Gasteiger partial charge in [-0.3, -0.25) is 0 Å². The zero-order valence-electron chi connectivity index (χ0n) is 10.7. The number of rotatable bonds is 4. The topological polar surface area (TPSA) is 66.8 Å². The SMILES string of the molecule is O=C(O)c1cccc(C[C@@H]2[C@H](CO)[C@H]3CC[C@@H]2O3)c1. The van der Waals surface area contributed by atoms with Crippen molar-refractivity contribution in [1.29, 1.82) is 0 Å². The molecule has 1 aromatic rings. The summed E-state index contributed by atoms with van der Waals surface area (Å²) in [7, 11) is 0. The van der Waals surface area contributed by atoms with Gasteiger partial charge >= 0.3 is 5.97 Å². The van der Waals surface area contributed by atoms with Gasteiger partial charge in [-0.15, -0.1) is 0 Å². The molecule has 2 N–H and O–H groups in total. The van der Waals surface area contributed by atoms with Crippen LogP contribution < -0.4 is 0 Å². The van der Waals surface area contributed by atoms with E-state index in [1.165, 1.54) is 0 Å². The molecule has 4 heteroatoms. The summed E-state index contributed by atoms with van der Waals surface area (Å²) >= 11 is 0. The molecule has 2 heterocycles. The summed E-state index contributed by atoms with van der Waals surface area (Å²) < 4.78 is 5.86. The molecule has 2 aliphatic rings. The predicted octanol–water partition coefficient (Wildman–Crippen LogP) is 1.71. The number of aromatic carboxylic acids is 1. The van der Waals surface area contributed by atoms with E-state index in [1.54, 1.807) is 18.2 Å². The molecule has 0 radical (unpaired) electrons. The number of carboxylic acid groups (broad SMARTS) is 1. The van der Waals surface area contributed by atoms with E-state index in [2.05, 4.69) is 0 Å². The van der Waals surface area contributed by atoms with Gasteiger partial charge in [0, 0.05) is 12.5 Å². The maximum absolute atomic E-state index is 11.0. The Kier molecular flexibility index (Phi) is 3.29. The van der Waals surface area contributed by atoms with Crippen LogP contribution >= 0.6 is 0 Å². The van der Waals surface area contributed by atoms with Crippen LogP contribution in [0.5, 0.6) is 0 Å². The number of aliphatic hydroxyl groups is 1. The Morgan fingerprint density at radius 3 is 2.68 bits per heavy atom. The van der Waals surface area contributed by atoms with Crippen molar-refractivity contribution in [3.05, 3.63) is 35.4 Å². The Balaban J connectivity index is 1.77. The molecule has 0 amide bonds. The van der Waals surface area contributed by atoms with Gasteiger partial charge in [-0.25, -0.2) is 4.79 Å². The lowest BCUT2D eigenvalue weighted by molar-refractivity contribution is 0.0696. The zero-order valence-corrected chi connectivity index (χ0v) is 10.7. The second kappa shape index (κ2) is 4.94. The number of aliphatic hydroxyl groups excluding tert-OH is 1. The fourth-order valence-corrected chi connectivity index (χ4v) is 3.51. The molecule has 2 aliphatic heterocycles. The van der Waals surface area contributed by atoms with Gasteiger partial charge in [0.1, 0.15) is 0 Å². The molecule has 0 spiro atoms. The largest absolute Gasteiger partial charge is 0.478 e. The van der Waals surface area contributed by atoms with Crippen molar-refractivity contribution in [2.75, 3.05) is 6.61 Å². The number of hydrogen-bond donors (Lipinski definition) is 2. The molecule has 2 fully saturated rings. The molecular formula is C15H18O4. The van der Waals surface area contributed by atoms with Crippen LogP contribution in [0.1, 0.15) is 28.8 Å². The second-order valence-corrected chi connectivity index (χ2v) is 5.51. The van der Waals surface area contributed by atoms with Gasteiger partial charge in [0.25, 0.3) is 0 Å². The number of ether oxygens (including phenoxy) is 1. The first kappa shape index (κ1) is 12.6. The predicted molar refractivity (Wildman–Crippen MR) is 69.1 cm³/mol. The van der Waals surface area contributed by atoms with E-state index in [0.717, 1.165) is 24.8 Å². The van der Waals surface area contributed by atoms with E-state index in [9.17, 15) is 9.90 Å². The van der Waals surface area contributed by atoms with Gasteiger partial charge < -0.3 is 14.9 Å². The molecule has 0 aromatic heterocycles. The van der Waals surface area contributed by atoms with Crippen LogP contribution in [0, 0.1) is 11.8 Å². The van der Waals surface area contributed by atoms with Gasteiger partial charge in [0.05, 0.1) is 17.8 Å². The Bertz CT molecular complexity index is 485. The lowest BCUT2D eigenvalue weighted by Gasteiger charge is -2.26. The van der Waals surface area contributed by atoms with Crippen molar-refractivity contribution in [2.45, 2.75) is 31.5 Å². The lowest BCUT2D eigenvalue weighted by atomic mass is 9.76. The van der Waals surface area contributed by atoms with Gasteiger partial charge in [-0.05, 0) is 42.9 Å². The molecule has 2 bridgehead atoms. The summed E-state index contributed by atoms with van der Waals surface area (Å²) in [5.41, 5.74) is 1.33. The molecular weight excluding hydrogens is 244 g/mol. The van der Waals surface area contributed by atoms with Crippen molar-refractivity contribution < 1.29 is 19.7 Å². The molecule has 2 saturated heterocycles. The minimum absolute atomic E-state index is 0.157. The van der Waals surface area contributed by atoms with Crippen LogP contribution in [-0.4, -0.2) is 35.0 Å². The third kappa shape index (κ3) is 2.26. The van der Waals surface area contributed by atoms with E-state index in [4.69, 9.17) is 9.84 Å². The molecule has 0 saturated carbocycles. The van der Waals surface area contributed by atoms with E-state index >= 15 is 0 Å². The highest BCUT2D eigenvalue weighted by Gasteiger charge is 2.48. The molecule has 1 aromatic carbocycles. The highest BCUT2D eigenvalue weighted by atomic mass is 16.5. The van der Waals surface area contributed by atoms with Crippen molar-refractivity contribution >= 4 is 5.97 Å². The lowest BCUT2D eigenvalue weighted by Crippen LogP contribution is -2.31. The Hall–Kier alpha value is -1.39. The van der Waals surface area contributed by atoms with Crippen LogP contribution in [0.2, 0.25) is 0 Å². The fourth-order valence-electron chi connectivity index (χ4n) is 3.51. The van der Waals surface area contributed by atoms with Crippen molar-refractivity contribution in [1.82, 2.24) is 0 Å². The normalized spacial score (nSPS) is 32.7. The summed E-state index contributed by atoms with van der Waals surface area (Å²) in [5.74, 6) is -0.384. The standard InChI is InChI=1S/C15H18O4/c16-8-12-11(13-4-5-14(12)19-13)7-9-2-1-3-10(6-9)15(17)18/h1-3,6,11-14,16H,4-5,7-8H2,(H,17,18)/t11-,12+,13+,14-/m1/s1. The van der Waals surface area contributed by atoms with Gasteiger partial charge in [0.15, 0.2) is 0 Å². The van der Waals surface area contributed by atoms with Gasteiger partial charge in [-0.1, -0.05) is 12.1 Å². The van der Waals surface area contributed by atoms with Crippen LogP contribution in [-0.2, 0) is 11.2 Å². The average molecular weight is 262 g/mol. The molecule has 102 valence electrons. The average Bonchev–Trinajstić information content (AvgIpc) is 3.00. The molecule has 19 heavy (non-hydrogen) atoms. The third-order valence-corrected chi connectivity index (χ3v) is 4.45. The first-order chi connectivity index (χ1) is 9.19. The number of carboxylic acids is 1. The smallest absolute Gasteiger partial charge is 0.335 e. The van der Waals surface area contributed by atoms with Crippen LogP contribution in [0.4, 0.5) is 0 Å². The Morgan fingerprint density at radius 1 is 1.26 bits per heavy atom. The van der Waals surface area contributed by atoms with E-state index in [0.29, 0.717) is 11.5 Å². The maximum Gasteiger partial charge on any atom is 0.335 e. The molecule has 0 aliphatic carbocycles. The fraction of sp³-hybridized carbons (Fsp3) is 0.533. The molecule has 4 atom stereocenters. The summed E-state index contributed by atoms with van der Waals surface area (Å²) in [6.45, 7) is 0.157. The molecule has 4 nitrogen and oxygen atoms in total. The number of carbonyl (C=O) groups is 1. The summed E-state index contributed by atoms with van der Waals surface area (Å²) in [6, 6.07) is 7.06. The summed E-state index contributed by atoms with van der Waals surface area (Å²) in [6.07, 6.45) is 3.32.